The minimum Gasteiger partial charge on any atom is -0.496 e. The molecule has 0 aliphatic rings. The number of para-hydroxylation sites is 1. The maximum atomic E-state index is 8.76. The van der Waals surface area contributed by atoms with Gasteiger partial charge >= 0.3 is 0 Å². The summed E-state index contributed by atoms with van der Waals surface area (Å²) in [5.74, 6) is 1.77. The molecule has 3 aromatic rings. The van der Waals surface area contributed by atoms with E-state index in [1.165, 1.54) is 5.56 Å². The highest BCUT2D eigenvalue weighted by atomic mass is 16.5. The van der Waals surface area contributed by atoms with Crippen LogP contribution in [0.15, 0.2) is 60.9 Å². The third kappa shape index (κ3) is 4.95. The minimum absolute atomic E-state index is 0.0934. The highest BCUT2D eigenvalue weighted by Crippen LogP contribution is 2.29. The van der Waals surface area contributed by atoms with E-state index >= 15 is 0 Å². The molecule has 0 saturated heterocycles. The quantitative estimate of drug-likeness (QED) is 0.605. The van der Waals surface area contributed by atoms with Crippen molar-refractivity contribution in [3.63, 3.8) is 0 Å². The lowest BCUT2D eigenvalue weighted by molar-refractivity contribution is 0.401. The molecule has 0 radical (unpaired) electrons. The van der Waals surface area contributed by atoms with Crippen molar-refractivity contribution in [1.29, 1.82) is 5.26 Å². The van der Waals surface area contributed by atoms with Gasteiger partial charge in [0.05, 0.1) is 25.6 Å². The third-order valence-corrected chi connectivity index (χ3v) is 5.01. The van der Waals surface area contributed by atoms with Gasteiger partial charge in [0.25, 0.3) is 0 Å². The number of benzene rings is 2. The summed E-state index contributed by atoms with van der Waals surface area (Å²) in [6, 6.07) is 18.5. The first-order valence-corrected chi connectivity index (χ1v) is 9.64. The van der Waals surface area contributed by atoms with Crippen molar-refractivity contribution in [2.45, 2.75) is 19.0 Å². The number of ether oxygens (including phenoxy) is 1. The maximum absolute atomic E-state index is 8.76. The number of rotatable bonds is 9. The molecule has 0 fully saturated rings. The zero-order chi connectivity index (χ0) is 20.6. The fraction of sp³-hybridized carbons (Fsp3) is 0.304. The van der Waals surface area contributed by atoms with Crippen molar-refractivity contribution >= 4 is 5.69 Å². The summed E-state index contributed by atoms with van der Waals surface area (Å²) in [6.45, 7) is 1.42. The fourth-order valence-electron chi connectivity index (χ4n) is 3.34. The summed E-state index contributed by atoms with van der Waals surface area (Å²) < 4.78 is 7.61. The second kappa shape index (κ2) is 9.76. The van der Waals surface area contributed by atoms with Gasteiger partial charge in [0.2, 0.25) is 0 Å². The van der Waals surface area contributed by atoms with E-state index in [4.69, 9.17) is 10.00 Å². The summed E-state index contributed by atoms with van der Waals surface area (Å²) in [5.41, 5.74) is 3.34. The maximum Gasteiger partial charge on any atom is 0.130 e. The summed E-state index contributed by atoms with van der Waals surface area (Å²) >= 11 is 0. The van der Waals surface area contributed by atoms with Crippen LogP contribution < -0.4 is 15.0 Å². The monoisotopic (exact) mass is 389 g/mol. The first-order valence-electron chi connectivity index (χ1n) is 9.64. The van der Waals surface area contributed by atoms with Gasteiger partial charge in [0, 0.05) is 50.8 Å². The van der Waals surface area contributed by atoms with Gasteiger partial charge < -0.3 is 14.2 Å². The van der Waals surface area contributed by atoms with Crippen LogP contribution in [0.1, 0.15) is 29.4 Å². The Morgan fingerprint density at radius 2 is 1.97 bits per heavy atom. The van der Waals surface area contributed by atoms with E-state index in [1.807, 2.05) is 49.3 Å². The Bertz CT molecular complexity index is 958. The molecule has 0 bridgehead atoms. The number of aryl methyl sites for hydroxylation is 1. The number of nitriles is 1. The third-order valence-electron chi connectivity index (χ3n) is 5.01. The van der Waals surface area contributed by atoms with Crippen molar-refractivity contribution in [2.75, 3.05) is 25.6 Å². The first kappa shape index (κ1) is 20.4. The van der Waals surface area contributed by atoms with Crippen molar-refractivity contribution in [1.82, 2.24) is 14.9 Å². The van der Waals surface area contributed by atoms with Gasteiger partial charge in [0.15, 0.2) is 0 Å². The van der Waals surface area contributed by atoms with Gasteiger partial charge in [-0.2, -0.15) is 5.26 Å². The molecule has 1 heterocycles. The molecule has 0 saturated carbocycles. The Hall–Kier alpha value is -3.30. The lowest BCUT2D eigenvalue weighted by Crippen LogP contribution is -2.25. The van der Waals surface area contributed by atoms with E-state index < -0.39 is 0 Å². The molecule has 29 heavy (non-hydrogen) atoms. The van der Waals surface area contributed by atoms with Crippen LogP contribution >= 0.6 is 0 Å². The van der Waals surface area contributed by atoms with E-state index in [0.717, 1.165) is 29.4 Å². The molecule has 0 aliphatic heterocycles. The standard InChI is InChI=1S/C23H27N5O/c1-27(15-6-13-24)19-11-9-18(10-12-19)17-26-22(23-25-14-16-28(23)2)20-7-4-5-8-21(20)29-3/h4-5,7-12,14,16,22,26H,6,15,17H2,1-3H3. The van der Waals surface area contributed by atoms with Crippen LogP contribution in [0.5, 0.6) is 5.75 Å². The molecule has 1 aromatic heterocycles. The van der Waals surface area contributed by atoms with Crippen LogP contribution in [-0.2, 0) is 13.6 Å². The average Bonchev–Trinajstić information content (AvgIpc) is 3.18. The normalized spacial score (nSPS) is 11.7. The van der Waals surface area contributed by atoms with Gasteiger partial charge in [-0.15, -0.1) is 0 Å². The van der Waals surface area contributed by atoms with Crippen molar-refractivity contribution in [3.8, 4) is 11.8 Å². The minimum atomic E-state index is -0.0934. The van der Waals surface area contributed by atoms with Crippen LogP contribution in [0.25, 0.3) is 0 Å². The molecule has 0 aliphatic carbocycles. The molecular formula is C23H27N5O. The molecule has 6 nitrogen and oxygen atoms in total. The van der Waals surface area contributed by atoms with Crippen LogP contribution in [0.2, 0.25) is 0 Å². The number of imidazole rings is 1. The Labute approximate surface area is 172 Å². The Morgan fingerprint density at radius 3 is 2.62 bits per heavy atom. The molecule has 0 amide bonds. The molecule has 150 valence electrons. The fourth-order valence-corrected chi connectivity index (χ4v) is 3.34. The van der Waals surface area contributed by atoms with E-state index in [9.17, 15) is 0 Å². The first-order chi connectivity index (χ1) is 14.1. The molecular weight excluding hydrogens is 362 g/mol. The van der Waals surface area contributed by atoms with Crippen LogP contribution in [0.3, 0.4) is 0 Å². The summed E-state index contributed by atoms with van der Waals surface area (Å²) in [5, 5.41) is 12.4. The van der Waals surface area contributed by atoms with Crippen molar-refractivity contribution < 1.29 is 4.74 Å². The van der Waals surface area contributed by atoms with Gasteiger partial charge in [-0.25, -0.2) is 4.98 Å². The van der Waals surface area contributed by atoms with Gasteiger partial charge in [0.1, 0.15) is 11.6 Å². The van der Waals surface area contributed by atoms with Crippen LogP contribution in [0, 0.1) is 11.3 Å². The van der Waals surface area contributed by atoms with Crippen LogP contribution in [-0.4, -0.2) is 30.3 Å². The van der Waals surface area contributed by atoms with E-state index in [1.54, 1.807) is 7.11 Å². The van der Waals surface area contributed by atoms with E-state index in [2.05, 4.69) is 51.6 Å². The smallest absolute Gasteiger partial charge is 0.130 e. The zero-order valence-electron chi connectivity index (χ0n) is 17.2. The molecule has 0 spiro atoms. The molecule has 1 atom stereocenters. The highest BCUT2D eigenvalue weighted by molar-refractivity contribution is 5.47. The van der Waals surface area contributed by atoms with Crippen molar-refractivity contribution in [3.05, 3.63) is 77.9 Å². The highest BCUT2D eigenvalue weighted by Gasteiger charge is 2.21. The molecule has 2 aromatic carbocycles. The predicted octanol–water partition coefficient (Wildman–Crippen LogP) is 3.66. The number of aromatic nitrogens is 2. The van der Waals surface area contributed by atoms with Crippen molar-refractivity contribution in [2.24, 2.45) is 7.05 Å². The Balaban J connectivity index is 1.77. The Kier molecular flexibility index (Phi) is 6.88. The lowest BCUT2D eigenvalue weighted by Gasteiger charge is -2.22. The number of anilines is 1. The second-order valence-corrected chi connectivity index (χ2v) is 6.95. The summed E-state index contributed by atoms with van der Waals surface area (Å²) in [6.07, 6.45) is 4.28. The zero-order valence-corrected chi connectivity index (χ0v) is 17.2. The van der Waals surface area contributed by atoms with E-state index in [-0.39, 0.29) is 6.04 Å². The molecule has 3 rings (SSSR count). The second-order valence-electron chi connectivity index (χ2n) is 6.95. The number of nitrogens with one attached hydrogen (secondary N) is 1. The number of hydrogen-bond acceptors (Lipinski definition) is 5. The topological polar surface area (TPSA) is 66.1 Å². The number of nitrogens with zero attached hydrogens (tertiary/aromatic N) is 4. The van der Waals surface area contributed by atoms with Gasteiger partial charge in [-0.1, -0.05) is 30.3 Å². The molecule has 6 heteroatoms. The number of methoxy groups -OCH3 is 1. The molecule has 1 unspecified atom stereocenters. The molecule has 1 N–H and O–H groups in total. The summed E-state index contributed by atoms with van der Waals surface area (Å²) in [7, 11) is 5.69. The van der Waals surface area contributed by atoms with Crippen LogP contribution in [0.4, 0.5) is 5.69 Å². The van der Waals surface area contributed by atoms with Gasteiger partial charge in [-0.05, 0) is 23.8 Å². The lowest BCUT2D eigenvalue weighted by atomic mass is 10.0. The van der Waals surface area contributed by atoms with E-state index in [0.29, 0.717) is 13.0 Å². The number of hydrogen-bond donors (Lipinski definition) is 1. The van der Waals surface area contributed by atoms with Gasteiger partial charge in [-0.3, -0.25) is 5.32 Å². The summed E-state index contributed by atoms with van der Waals surface area (Å²) in [4.78, 5) is 6.65. The predicted molar refractivity (Wildman–Crippen MR) is 115 cm³/mol. The Morgan fingerprint density at radius 1 is 1.21 bits per heavy atom. The average molecular weight is 390 g/mol. The largest absolute Gasteiger partial charge is 0.496 e. The SMILES string of the molecule is COc1ccccc1C(NCc1ccc(N(C)CCC#N)cc1)c1nccn1C.